The molecule has 4 heteroatoms. The number of rotatable bonds is 5. The van der Waals surface area contributed by atoms with E-state index in [0.717, 1.165) is 0 Å². The first-order chi connectivity index (χ1) is 11.8. The molecule has 0 saturated heterocycles. The molecular formula is C21H25N3O. The lowest BCUT2D eigenvalue weighted by Crippen LogP contribution is -2.29. The number of nitrogens with one attached hydrogen (secondary N) is 1. The van der Waals surface area contributed by atoms with Crippen LogP contribution in [0.15, 0.2) is 48.5 Å². The lowest BCUT2D eigenvalue weighted by Gasteiger charge is -2.20. The van der Waals surface area contributed by atoms with Crippen molar-refractivity contribution in [1.29, 1.82) is 5.26 Å². The molecule has 0 fully saturated rings. The highest BCUT2D eigenvalue weighted by Crippen LogP contribution is 2.22. The molecule has 25 heavy (non-hydrogen) atoms. The van der Waals surface area contributed by atoms with Crippen molar-refractivity contribution < 1.29 is 4.79 Å². The van der Waals surface area contributed by atoms with Gasteiger partial charge in [0.2, 0.25) is 5.91 Å². The highest BCUT2D eigenvalue weighted by atomic mass is 16.2. The smallest absolute Gasteiger partial charge is 0.238 e. The second-order valence-electron chi connectivity index (χ2n) is 7.36. The minimum Gasteiger partial charge on any atom is -0.325 e. The van der Waals surface area contributed by atoms with Gasteiger partial charge in [0.25, 0.3) is 0 Å². The normalized spacial score (nSPS) is 11.2. The third-order valence-corrected chi connectivity index (χ3v) is 3.98. The zero-order chi connectivity index (χ0) is 18.4. The largest absolute Gasteiger partial charge is 0.325 e. The first kappa shape index (κ1) is 18.7. The van der Waals surface area contributed by atoms with E-state index in [9.17, 15) is 4.79 Å². The molecule has 1 N–H and O–H groups in total. The van der Waals surface area contributed by atoms with E-state index in [4.69, 9.17) is 5.26 Å². The minimum atomic E-state index is -0.0708. The molecule has 0 aliphatic carbocycles. The maximum absolute atomic E-state index is 12.1. The van der Waals surface area contributed by atoms with E-state index in [1.54, 1.807) is 24.3 Å². The number of anilines is 1. The van der Waals surface area contributed by atoms with Crippen molar-refractivity contribution in [2.45, 2.75) is 32.7 Å². The summed E-state index contributed by atoms with van der Waals surface area (Å²) in [5, 5.41) is 11.6. The third kappa shape index (κ3) is 5.74. The predicted molar refractivity (Wildman–Crippen MR) is 101 cm³/mol. The van der Waals surface area contributed by atoms with Crippen molar-refractivity contribution >= 4 is 11.6 Å². The van der Waals surface area contributed by atoms with Crippen LogP contribution in [0, 0.1) is 11.3 Å². The number of carbonyl (C=O) groups excluding carboxylic acids is 1. The van der Waals surface area contributed by atoms with Gasteiger partial charge in [-0.3, -0.25) is 9.69 Å². The Morgan fingerprint density at radius 2 is 1.68 bits per heavy atom. The molecule has 1 amide bonds. The van der Waals surface area contributed by atoms with Gasteiger partial charge in [-0.1, -0.05) is 45.0 Å². The fourth-order valence-corrected chi connectivity index (χ4v) is 2.55. The fraction of sp³-hybridized carbons (Fsp3) is 0.333. The molecule has 2 aromatic carbocycles. The summed E-state index contributed by atoms with van der Waals surface area (Å²) in [7, 11) is 1.93. The van der Waals surface area contributed by atoms with Crippen LogP contribution in [0.2, 0.25) is 0 Å². The number of hydrogen-bond acceptors (Lipinski definition) is 3. The zero-order valence-corrected chi connectivity index (χ0v) is 15.3. The summed E-state index contributed by atoms with van der Waals surface area (Å²) in [5.41, 5.74) is 3.91. The van der Waals surface area contributed by atoms with Crippen LogP contribution < -0.4 is 5.32 Å². The van der Waals surface area contributed by atoms with Gasteiger partial charge >= 0.3 is 0 Å². The molecule has 2 rings (SSSR count). The van der Waals surface area contributed by atoms with Gasteiger partial charge in [-0.05, 0) is 47.9 Å². The van der Waals surface area contributed by atoms with Gasteiger partial charge in [-0.25, -0.2) is 0 Å². The Morgan fingerprint density at radius 3 is 2.20 bits per heavy atom. The van der Waals surface area contributed by atoms with Crippen molar-refractivity contribution in [3.8, 4) is 6.07 Å². The van der Waals surface area contributed by atoms with Crippen molar-refractivity contribution in [1.82, 2.24) is 4.90 Å². The van der Waals surface area contributed by atoms with Gasteiger partial charge < -0.3 is 5.32 Å². The summed E-state index contributed by atoms with van der Waals surface area (Å²) >= 11 is 0. The monoisotopic (exact) mass is 335 g/mol. The van der Waals surface area contributed by atoms with Crippen LogP contribution in [-0.2, 0) is 16.8 Å². The van der Waals surface area contributed by atoms with E-state index in [1.807, 2.05) is 11.9 Å². The molecule has 0 atom stereocenters. The Bertz CT molecular complexity index is 750. The Labute approximate surface area is 150 Å². The summed E-state index contributed by atoms with van der Waals surface area (Å²) in [4.78, 5) is 14.1. The first-order valence-corrected chi connectivity index (χ1v) is 8.36. The molecule has 0 radical (unpaired) electrons. The van der Waals surface area contributed by atoms with Crippen LogP contribution in [0.1, 0.15) is 37.5 Å². The number of nitrogens with zero attached hydrogens (tertiary/aromatic N) is 2. The Balaban J connectivity index is 1.87. The van der Waals surface area contributed by atoms with Gasteiger partial charge in [-0.2, -0.15) is 5.26 Å². The summed E-state index contributed by atoms with van der Waals surface area (Å²) in [6, 6.07) is 17.5. The van der Waals surface area contributed by atoms with Crippen molar-refractivity contribution in [3.05, 3.63) is 65.2 Å². The molecule has 0 unspecified atom stereocenters. The first-order valence-electron chi connectivity index (χ1n) is 8.36. The predicted octanol–water partition coefficient (Wildman–Crippen LogP) is 3.93. The Kier molecular flexibility index (Phi) is 5.95. The highest BCUT2D eigenvalue weighted by molar-refractivity contribution is 5.92. The number of likely N-dealkylation sites (N-methyl/N-ethyl adjacent to an activating group) is 1. The SMILES string of the molecule is CN(CC(=O)Nc1ccc(C#N)cc1)Cc1ccc(C(C)(C)C)cc1. The second-order valence-corrected chi connectivity index (χ2v) is 7.36. The summed E-state index contributed by atoms with van der Waals surface area (Å²) in [5.74, 6) is -0.0708. The number of amides is 1. The van der Waals surface area contributed by atoms with Crippen LogP contribution >= 0.6 is 0 Å². The molecule has 0 spiro atoms. The van der Waals surface area contributed by atoms with Gasteiger partial charge in [0.15, 0.2) is 0 Å². The molecule has 0 aliphatic rings. The molecule has 0 saturated carbocycles. The van der Waals surface area contributed by atoms with Crippen LogP contribution in [-0.4, -0.2) is 24.4 Å². The average Bonchev–Trinajstić information content (AvgIpc) is 2.55. The van der Waals surface area contributed by atoms with Crippen LogP contribution in [0.3, 0.4) is 0 Å². The lowest BCUT2D eigenvalue weighted by atomic mass is 9.87. The van der Waals surface area contributed by atoms with Crippen molar-refractivity contribution in [3.63, 3.8) is 0 Å². The molecule has 0 bridgehead atoms. The molecular weight excluding hydrogens is 310 g/mol. The van der Waals surface area contributed by atoms with E-state index in [1.165, 1.54) is 11.1 Å². The minimum absolute atomic E-state index is 0.0708. The van der Waals surface area contributed by atoms with Gasteiger partial charge in [0.1, 0.15) is 0 Å². The molecule has 0 aromatic heterocycles. The quantitative estimate of drug-likeness (QED) is 0.901. The maximum Gasteiger partial charge on any atom is 0.238 e. The Morgan fingerprint density at radius 1 is 1.08 bits per heavy atom. The molecule has 130 valence electrons. The van der Waals surface area contributed by atoms with E-state index in [-0.39, 0.29) is 11.3 Å². The van der Waals surface area contributed by atoms with E-state index in [0.29, 0.717) is 24.3 Å². The molecule has 2 aromatic rings. The van der Waals surface area contributed by atoms with Gasteiger partial charge in [-0.15, -0.1) is 0 Å². The van der Waals surface area contributed by atoms with E-state index >= 15 is 0 Å². The molecule has 0 aliphatic heterocycles. The van der Waals surface area contributed by atoms with E-state index in [2.05, 4.69) is 56.4 Å². The topological polar surface area (TPSA) is 56.1 Å². The number of carbonyl (C=O) groups is 1. The fourth-order valence-electron chi connectivity index (χ4n) is 2.55. The van der Waals surface area contributed by atoms with Crippen LogP contribution in [0.4, 0.5) is 5.69 Å². The standard InChI is InChI=1S/C21H25N3O/c1-21(2,3)18-9-5-17(6-10-18)14-24(4)15-20(25)23-19-11-7-16(13-22)8-12-19/h5-12H,14-15H2,1-4H3,(H,23,25). The van der Waals surface area contributed by atoms with E-state index < -0.39 is 0 Å². The van der Waals surface area contributed by atoms with Gasteiger partial charge in [0.05, 0.1) is 18.2 Å². The summed E-state index contributed by atoms with van der Waals surface area (Å²) < 4.78 is 0. The van der Waals surface area contributed by atoms with Gasteiger partial charge in [0, 0.05) is 12.2 Å². The molecule has 4 nitrogen and oxygen atoms in total. The number of nitriles is 1. The lowest BCUT2D eigenvalue weighted by molar-refractivity contribution is -0.117. The van der Waals surface area contributed by atoms with Crippen LogP contribution in [0.25, 0.3) is 0 Å². The maximum atomic E-state index is 12.1. The number of hydrogen-bond donors (Lipinski definition) is 1. The number of benzene rings is 2. The molecule has 0 heterocycles. The Hall–Kier alpha value is -2.64. The van der Waals surface area contributed by atoms with Crippen molar-refractivity contribution in [2.24, 2.45) is 0 Å². The third-order valence-electron chi connectivity index (χ3n) is 3.98. The van der Waals surface area contributed by atoms with Crippen molar-refractivity contribution in [2.75, 3.05) is 18.9 Å². The summed E-state index contributed by atoms with van der Waals surface area (Å²) in [6.07, 6.45) is 0. The van der Waals surface area contributed by atoms with Crippen LogP contribution in [0.5, 0.6) is 0 Å². The average molecular weight is 335 g/mol. The highest BCUT2D eigenvalue weighted by Gasteiger charge is 2.13. The second kappa shape index (κ2) is 7.96. The summed E-state index contributed by atoms with van der Waals surface area (Å²) in [6.45, 7) is 7.61. The zero-order valence-electron chi connectivity index (χ0n) is 15.3.